The van der Waals surface area contributed by atoms with Gasteiger partial charge in [-0.2, -0.15) is 0 Å². The maximum atomic E-state index is 6.63. The molecule has 0 radical (unpaired) electrons. The Morgan fingerprint density at radius 1 is 0.297 bits per heavy atom. The molecule has 14 rings (SSSR count). The zero-order valence-electron chi connectivity index (χ0n) is 34.6. The maximum absolute atomic E-state index is 6.63. The topological polar surface area (TPSA) is 12.5 Å². The molecule has 11 aromatic rings. The molecule has 0 saturated carbocycles. The average molecular weight is 832 g/mol. The molecule has 2 nitrogen and oxygen atoms in total. The van der Waals surface area contributed by atoms with Gasteiger partial charge in [-0.25, -0.2) is 0 Å². The molecule has 1 aliphatic heterocycles. The van der Waals surface area contributed by atoms with Gasteiger partial charge in [-0.3, -0.25) is 0 Å². The van der Waals surface area contributed by atoms with Gasteiger partial charge in [0.2, 0.25) is 0 Å². The van der Waals surface area contributed by atoms with Crippen LogP contribution in [0.15, 0.2) is 224 Å². The van der Waals surface area contributed by atoms with Crippen LogP contribution in [0.5, 0.6) is 11.5 Å². The van der Waals surface area contributed by atoms with Gasteiger partial charge in [0, 0.05) is 48.4 Å². The molecule has 0 saturated heterocycles. The number of hydrogen-bond acceptors (Lipinski definition) is 3. The Balaban J connectivity index is 1.09. The van der Waals surface area contributed by atoms with Gasteiger partial charge in [0.15, 0.2) is 0 Å². The van der Waals surface area contributed by atoms with E-state index < -0.39 is 5.41 Å². The van der Waals surface area contributed by atoms with Crippen LogP contribution in [0.4, 0.5) is 17.1 Å². The molecule has 1 atom stereocenters. The molecular formula is C61H37NOS. The molecule has 0 amide bonds. The van der Waals surface area contributed by atoms with E-state index in [9.17, 15) is 0 Å². The maximum Gasteiger partial charge on any atom is 0.135 e. The molecule has 0 bridgehead atoms. The fourth-order valence-electron chi connectivity index (χ4n) is 11.3. The summed E-state index contributed by atoms with van der Waals surface area (Å²) in [6.07, 6.45) is 0. The lowest BCUT2D eigenvalue weighted by atomic mass is 9.65. The van der Waals surface area contributed by atoms with E-state index in [1.54, 1.807) is 0 Å². The van der Waals surface area contributed by atoms with E-state index in [-0.39, 0.29) is 0 Å². The minimum Gasteiger partial charge on any atom is -0.456 e. The van der Waals surface area contributed by atoms with Gasteiger partial charge in [0.1, 0.15) is 11.5 Å². The Bertz CT molecular complexity index is 3730. The van der Waals surface area contributed by atoms with Crippen molar-refractivity contribution in [3.63, 3.8) is 0 Å². The molecule has 0 fully saturated rings. The Hall–Kier alpha value is -7.98. The van der Waals surface area contributed by atoms with Gasteiger partial charge >= 0.3 is 0 Å². The van der Waals surface area contributed by atoms with Gasteiger partial charge in [0.05, 0.1) is 5.41 Å². The summed E-state index contributed by atoms with van der Waals surface area (Å²) in [4.78, 5) is 2.44. The van der Waals surface area contributed by atoms with Gasteiger partial charge in [0.25, 0.3) is 0 Å². The molecule has 10 aromatic carbocycles. The van der Waals surface area contributed by atoms with Crippen LogP contribution in [0.25, 0.3) is 75.8 Å². The van der Waals surface area contributed by atoms with Crippen molar-refractivity contribution in [2.24, 2.45) is 0 Å². The molecule has 2 heterocycles. The lowest BCUT2D eigenvalue weighted by Gasteiger charge is -2.36. The van der Waals surface area contributed by atoms with Crippen molar-refractivity contribution in [1.82, 2.24) is 0 Å². The van der Waals surface area contributed by atoms with Crippen LogP contribution in [-0.4, -0.2) is 0 Å². The predicted molar refractivity (Wildman–Crippen MR) is 267 cm³/mol. The first-order chi connectivity index (χ1) is 31.7. The summed E-state index contributed by atoms with van der Waals surface area (Å²) in [7, 11) is 0. The Kier molecular flexibility index (Phi) is 7.51. The third-order valence-electron chi connectivity index (χ3n) is 13.9. The summed E-state index contributed by atoms with van der Waals surface area (Å²) in [6, 6.07) is 83.1. The van der Waals surface area contributed by atoms with E-state index >= 15 is 0 Å². The molecule has 1 aromatic heterocycles. The first-order valence-corrected chi connectivity index (χ1v) is 22.8. The van der Waals surface area contributed by atoms with Crippen molar-refractivity contribution in [2.45, 2.75) is 5.41 Å². The first-order valence-electron chi connectivity index (χ1n) is 22.0. The zero-order valence-corrected chi connectivity index (χ0v) is 35.4. The molecule has 298 valence electrons. The van der Waals surface area contributed by atoms with Crippen molar-refractivity contribution < 1.29 is 4.74 Å². The van der Waals surface area contributed by atoms with Crippen molar-refractivity contribution in [3.05, 3.63) is 247 Å². The second-order valence-corrected chi connectivity index (χ2v) is 18.2. The fourth-order valence-corrected chi connectivity index (χ4v) is 12.4. The lowest BCUT2D eigenvalue weighted by Crippen LogP contribution is -2.29. The SMILES string of the molecule is c1ccc(N(c2ccc3c(c2)-c2ccccc2Oc2ccccc2-3)c2ccc3c(c2)C2(c4ccccc4-c4ccccc4-3)c3ccccc3-c3cc4sc5ccccc5c4cc32)cc1. The van der Waals surface area contributed by atoms with Crippen LogP contribution < -0.4 is 9.64 Å². The molecule has 3 aliphatic rings. The molecule has 64 heavy (non-hydrogen) atoms. The third-order valence-corrected chi connectivity index (χ3v) is 15.0. The highest BCUT2D eigenvalue weighted by atomic mass is 32.1. The Labute approximate surface area is 375 Å². The minimum absolute atomic E-state index is 0.639. The number of anilines is 3. The molecule has 1 unspecified atom stereocenters. The van der Waals surface area contributed by atoms with E-state index in [0.29, 0.717) is 0 Å². The summed E-state index contributed by atoms with van der Waals surface area (Å²) in [5, 5.41) is 2.62. The fraction of sp³-hybridized carbons (Fsp3) is 0.0164. The van der Waals surface area contributed by atoms with Gasteiger partial charge in [-0.1, -0.05) is 158 Å². The number of ether oxygens (including phenoxy) is 1. The van der Waals surface area contributed by atoms with Crippen LogP contribution in [0.2, 0.25) is 0 Å². The predicted octanol–water partition coefficient (Wildman–Crippen LogP) is 17.0. The molecule has 2 aliphatic carbocycles. The van der Waals surface area contributed by atoms with Gasteiger partial charge in [-0.05, 0) is 133 Å². The number of nitrogens with zero attached hydrogens (tertiary/aromatic N) is 1. The van der Waals surface area contributed by atoms with Crippen molar-refractivity contribution >= 4 is 48.6 Å². The Morgan fingerprint density at radius 3 is 1.52 bits per heavy atom. The summed E-state index contributed by atoms with van der Waals surface area (Å²) >= 11 is 1.89. The van der Waals surface area contributed by atoms with Gasteiger partial charge < -0.3 is 9.64 Å². The van der Waals surface area contributed by atoms with Crippen molar-refractivity contribution in [1.29, 1.82) is 0 Å². The van der Waals surface area contributed by atoms with Crippen LogP contribution in [0.1, 0.15) is 22.3 Å². The van der Waals surface area contributed by atoms with E-state index in [2.05, 4.69) is 223 Å². The highest BCUT2D eigenvalue weighted by Gasteiger charge is 2.50. The van der Waals surface area contributed by atoms with Crippen LogP contribution in [0.3, 0.4) is 0 Å². The third kappa shape index (κ3) is 4.90. The van der Waals surface area contributed by atoms with Gasteiger partial charge in [-0.15, -0.1) is 11.3 Å². The van der Waals surface area contributed by atoms with Crippen molar-refractivity contribution in [2.75, 3.05) is 4.90 Å². The summed E-state index contributed by atoms with van der Waals surface area (Å²) in [6.45, 7) is 0. The number of thiophene rings is 1. The minimum atomic E-state index is -0.639. The highest BCUT2D eigenvalue weighted by Crippen LogP contribution is 2.63. The first kappa shape index (κ1) is 35.6. The highest BCUT2D eigenvalue weighted by molar-refractivity contribution is 7.25. The van der Waals surface area contributed by atoms with Crippen molar-refractivity contribution in [3.8, 4) is 67.1 Å². The average Bonchev–Trinajstić information content (AvgIpc) is 3.78. The number of rotatable bonds is 3. The summed E-state index contributed by atoms with van der Waals surface area (Å²) in [5.41, 5.74) is 19.9. The van der Waals surface area contributed by atoms with Crippen LogP contribution in [-0.2, 0) is 5.41 Å². The molecule has 1 spiro atoms. The second-order valence-electron chi connectivity index (χ2n) is 17.1. The summed E-state index contributed by atoms with van der Waals surface area (Å²) < 4.78 is 9.26. The lowest BCUT2D eigenvalue weighted by molar-refractivity contribution is 0.488. The number of para-hydroxylation sites is 3. The van der Waals surface area contributed by atoms with E-state index in [1.807, 2.05) is 17.4 Å². The number of hydrogen-bond donors (Lipinski definition) is 0. The standard InChI is InChI=1S/C61H37NOS/c1-2-16-38(17-3-1)62(39-30-32-43-47-22-8-13-27-57(47)63-58-28-14-9-23-48(58)50(43)34-39)40-31-33-46-42-19-5-4-18-41(42)44-20-6-11-25-53(44)61(55(46)35-40)54-26-12-7-21-45(54)51-37-60-52(36-56(51)61)49-24-10-15-29-59(49)64-60/h1-37H. The number of benzene rings is 10. The molecular weight excluding hydrogens is 795 g/mol. The quantitative estimate of drug-likeness (QED) is 0.176. The summed E-state index contributed by atoms with van der Waals surface area (Å²) in [5.74, 6) is 1.72. The monoisotopic (exact) mass is 831 g/mol. The molecule has 3 heteroatoms. The second kappa shape index (κ2) is 13.5. The van der Waals surface area contributed by atoms with E-state index in [4.69, 9.17) is 4.74 Å². The van der Waals surface area contributed by atoms with E-state index in [0.717, 1.165) is 50.8 Å². The number of fused-ring (bicyclic) bond motifs is 20. The van der Waals surface area contributed by atoms with Crippen LogP contribution >= 0.6 is 11.3 Å². The zero-order chi connectivity index (χ0) is 41.9. The Morgan fingerprint density at radius 2 is 0.797 bits per heavy atom. The molecule has 0 N–H and O–H groups in total. The normalized spacial score (nSPS) is 14.8. The smallest absolute Gasteiger partial charge is 0.135 e. The van der Waals surface area contributed by atoms with Crippen LogP contribution in [0, 0.1) is 0 Å². The van der Waals surface area contributed by atoms with E-state index in [1.165, 1.54) is 75.8 Å². The largest absolute Gasteiger partial charge is 0.456 e.